The van der Waals surface area contributed by atoms with E-state index in [1.54, 1.807) is 0 Å². The van der Waals surface area contributed by atoms with Gasteiger partial charge in [0.05, 0.1) is 0 Å². The van der Waals surface area contributed by atoms with E-state index >= 15 is 0 Å². The lowest BCUT2D eigenvalue weighted by atomic mass is 10.1. The maximum Gasteiger partial charge on any atom is 0.0420 e. The number of benzene rings is 1. The molecule has 1 aromatic carbocycles. The van der Waals surface area contributed by atoms with Gasteiger partial charge in [-0.25, -0.2) is 0 Å². The first-order valence-electron chi connectivity index (χ1n) is 4.93. The average molecular weight is 275 g/mol. The van der Waals surface area contributed by atoms with E-state index in [1.807, 2.05) is 6.07 Å². The van der Waals surface area contributed by atoms with Gasteiger partial charge in [0.15, 0.2) is 0 Å². The Kier molecular flexibility index (Phi) is 3.15. The molecule has 0 fully saturated rings. The Hall–Kier alpha value is -0.0500. The average Bonchev–Trinajstić information content (AvgIpc) is 2.49. The summed E-state index contributed by atoms with van der Waals surface area (Å²) in [5.41, 5.74) is 2.78. The van der Waals surface area contributed by atoms with Crippen LogP contribution in [0.4, 0.5) is 0 Å². The molecule has 0 aliphatic heterocycles. The highest BCUT2D eigenvalue weighted by molar-refractivity contribution is 9.10. The molecule has 0 heterocycles. The Bertz CT molecular complexity index is 351. The fraction of sp³-hybridized carbons (Fsp3) is 0.455. The van der Waals surface area contributed by atoms with Gasteiger partial charge in [0, 0.05) is 15.5 Å². The van der Waals surface area contributed by atoms with Crippen LogP contribution in [0.2, 0.25) is 5.02 Å². The summed E-state index contributed by atoms with van der Waals surface area (Å²) in [6, 6.07) is 4.56. The number of rotatable bonds is 2. The smallest absolute Gasteiger partial charge is 0.0420 e. The van der Waals surface area contributed by atoms with Gasteiger partial charge in [-0.15, -0.1) is 0 Å². The molecule has 1 nitrogen and oxygen atoms in total. The minimum Gasteiger partial charge on any atom is -0.310 e. The lowest BCUT2D eigenvalue weighted by Gasteiger charge is -2.12. The fourth-order valence-corrected chi connectivity index (χ4v) is 3.13. The second-order valence-electron chi connectivity index (χ2n) is 3.60. The fourth-order valence-electron chi connectivity index (χ4n) is 2.10. The molecule has 1 aliphatic carbocycles. The van der Waals surface area contributed by atoms with E-state index in [1.165, 1.54) is 17.5 Å². The first-order chi connectivity index (χ1) is 6.72. The highest BCUT2D eigenvalue weighted by atomic mass is 79.9. The van der Waals surface area contributed by atoms with E-state index < -0.39 is 0 Å². The van der Waals surface area contributed by atoms with Crippen LogP contribution < -0.4 is 5.32 Å². The highest BCUT2D eigenvalue weighted by Gasteiger charge is 2.23. The third-order valence-corrected chi connectivity index (χ3v) is 3.63. The van der Waals surface area contributed by atoms with Crippen molar-refractivity contribution in [3.63, 3.8) is 0 Å². The van der Waals surface area contributed by atoms with E-state index in [0.29, 0.717) is 6.04 Å². The normalized spacial score (nSPS) is 19.8. The van der Waals surface area contributed by atoms with Gasteiger partial charge in [0.2, 0.25) is 0 Å². The minimum atomic E-state index is 0.491. The molecular weight excluding hydrogens is 261 g/mol. The molecule has 0 radical (unpaired) electrons. The van der Waals surface area contributed by atoms with E-state index in [4.69, 9.17) is 11.6 Å². The Labute approximate surface area is 98.0 Å². The van der Waals surface area contributed by atoms with Crippen LogP contribution in [0.1, 0.15) is 30.5 Å². The van der Waals surface area contributed by atoms with Gasteiger partial charge in [-0.2, -0.15) is 0 Å². The summed E-state index contributed by atoms with van der Waals surface area (Å²) in [5, 5.41) is 4.30. The molecule has 0 bridgehead atoms. The number of halogens is 2. The summed E-state index contributed by atoms with van der Waals surface area (Å²) in [6.07, 6.45) is 2.33. The molecule has 76 valence electrons. The minimum absolute atomic E-state index is 0.491. The van der Waals surface area contributed by atoms with Crippen LogP contribution in [0.3, 0.4) is 0 Å². The van der Waals surface area contributed by atoms with Gasteiger partial charge in [0.1, 0.15) is 0 Å². The highest BCUT2D eigenvalue weighted by Crippen LogP contribution is 2.37. The lowest BCUT2D eigenvalue weighted by Crippen LogP contribution is -2.18. The molecule has 1 atom stereocenters. The molecule has 0 aromatic heterocycles. The Morgan fingerprint density at radius 3 is 3.07 bits per heavy atom. The van der Waals surface area contributed by atoms with Crippen LogP contribution in [0.5, 0.6) is 0 Å². The second-order valence-corrected chi connectivity index (χ2v) is 4.90. The molecule has 3 heteroatoms. The third kappa shape index (κ3) is 1.83. The maximum atomic E-state index is 6.04. The molecule has 1 N–H and O–H groups in total. The Balaban J connectivity index is 2.38. The Morgan fingerprint density at radius 1 is 1.57 bits per heavy atom. The monoisotopic (exact) mass is 273 g/mol. The van der Waals surface area contributed by atoms with Crippen LogP contribution in [-0.2, 0) is 6.42 Å². The first kappa shape index (κ1) is 10.5. The number of fused-ring (bicyclic) bond motifs is 1. The van der Waals surface area contributed by atoms with Crippen molar-refractivity contribution in [2.45, 2.75) is 25.8 Å². The predicted octanol–water partition coefficient (Wildman–Crippen LogP) is 3.70. The molecule has 1 aliphatic rings. The number of nitrogens with one attached hydrogen (secondary N) is 1. The SMILES string of the molecule is CCNC1CCc2c(Br)cc(Cl)cc21. The predicted molar refractivity (Wildman–Crippen MR) is 63.9 cm³/mol. The first-order valence-corrected chi connectivity index (χ1v) is 6.10. The second kappa shape index (κ2) is 4.21. The summed E-state index contributed by atoms with van der Waals surface area (Å²) in [6.45, 7) is 3.14. The van der Waals surface area contributed by atoms with Crippen molar-refractivity contribution < 1.29 is 0 Å². The molecule has 0 spiro atoms. The van der Waals surface area contributed by atoms with Gasteiger partial charge < -0.3 is 5.32 Å². The zero-order chi connectivity index (χ0) is 10.1. The zero-order valence-corrected chi connectivity index (χ0v) is 10.5. The van der Waals surface area contributed by atoms with Crippen LogP contribution >= 0.6 is 27.5 Å². The zero-order valence-electron chi connectivity index (χ0n) is 8.11. The lowest BCUT2D eigenvalue weighted by molar-refractivity contribution is 0.549. The number of hydrogen-bond donors (Lipinski definition) is 1. The summed E-state index contributed by atoms with van der Waals surface area (Å²) >= 11 is 9.60. The summed E-state index contributed by atoms with van der Waals surface area (Å²) < 4.78 is 1.15. The van der Waals surface area contributed by atoms with Crippen molar-refractivity contribution in [3.8, 4) is 0 Å². The van der Waals surface area contributed by atoms with Crippen molar-refractivity contribution in [2.75, 3.05) is 6.54 Å². The van der Waals surface area contributed by atoms with Crippen LogP contribution in [0.25, 0.3) is 0 Å². The van der Waals surface area contributed by atoms with E-state index in [2.05, 4.69) is 34.2 Å². The van der Waals surface area contributed by atoms with Crippen molar-refractivity contribution >= 4 is 27.5 Å². The van der Waals surface area contributed by atoms with Gasteiger partial charge >= 0.3 is 0 Å². The molecule has 0 saturated heterocycles. The van der Waals surface area contributed by atoms with Crippen molar-refractivity contribution in [1.82, 2.24) is 5.32 Å². The standard InChI is InChI=1S/C11H13BrClN/c1-2-14-11-4-3-8-9(11)5-7(13)6-10(8)12/h5-6,11,14H,2-4H2,1H3. The molecule has 0 saturated carbocycles. The van der Waals surface area contributed by atoms with E-state index in [9.17, 15) is 0 Å². The molecule has 1 unspecified atom stereocenters. The quantitative estimate of drug-likeness (QED) is 0.867. The van der Waals surface area contributed by atoms with Crippen LogP contribution in [0.15, 0.2) is 16.6 Å². The summed E-state index contributed by atoms with van der Waals surface area (Å²) in [7, 11) is 0. The van der Waals surface area contributed by atoms with Gasteiger partial charge in [-0.1, -0.05) is 34.5 Å². The molecule has 2 rings (SSSR count). The van der Waals surface area contributed by atoms with Crippen LogP contribution in [0, 0.1) is 0 Å². The van der Waals surface area contributed by atoms with Crippen molar-refractivity contribution in [2.24, 2.45) is 0 Å². The maximum absolute atomic E-state index is 6.04. The van der Waals surface area contributed by atoms with Gasteiger partial charge in [-0.3, -0.25) is 0 Å². The number of hydrogen-bond acceptors (Lipinski definition) is 1. The third-order valence-electron chi connectivity index (χ3n) is 2.70. The van der Waals surface area contributed by atoms with E-state index in [-0.39, 0.29) is 0 Å². The largest absolute Gasteiger partial charge is 0.310 e. The molecule has 0 amide bonds. The molecular formula is C11H13BrClN. The van der Waals surface area contributed by atoms with Gasteiger partial charge in [-0.05, 0) is 42.6 Å². The molecule has 1 aromatic rings. The topological polar surface area (TPSA) is 12.0 Å². The summed E-state index contributed by atoms with van der Waals surface area (Å²) in [5.74, 6) is 0. The summed E-state index contributed by atoms with van der Waals surface area (Å²) in [4.78, 5) is 0. The van der Waals surface area contributed by atoms with Crippen molar-refractivity contribution in [3.05, 3.63) is 32.8 Å². The van der Waals surface area contributed by atoms with Crippen LogP contribution in [-0.4, -0.2) is 6.54 Å². The van der Waals surface area contributed by atoms with E-state index in [0.717, 1.165) is 22.5 Å². The van der Waals surface area contributed by atoms with Gasteiger partial charge in [0.25, 0.3) is 0 Å². The molecule has 14 heavy (non-hydrogen) atoms. The van der Waals surface area contributed by atoms with Crippen molar-refractivity contribution in [1.29, 1.82) is 0 Å². The Morgan fingerprint density at radius 2 is 2.36 bits per heavy atom.